The first-order valence-corrected chi connectivity index (χ1v) is 11.3. The van der Waals surface area contributed by atoms with Crippen LogP contribution in [0.5, 0.6) is 5.75 Å². The zero-order valence-electron chi connectivity index (χ0n) is 19.0. The average molecular weight is 472 g/mol. The van der Waals surface area contributed by atoms with Gasteiger partial charge in [-0.1, -0.05) is 48.5 Å². The molecule has 0 aliphatic heterocycles. The molecule has 2 amide bonds. The van der Waals surface area contributed by atoms with Crippen LogP contribution in [0.3, 0.4) is 0 Å². The molecule has 0 bridgehead atoms. The summed E-state index contributed by atoms with van der Waals surface area (Å²) >= 11 is 0. The van der Waals surface area contributed by atoms with Crippen LogP contribution in [0, 0.1) is 0 Å². The fraction of sp³-hybridized carbons (Fsp3) is 0.222. The molecule has 0 saturated heterocycles. The van der Waals surface area contributed by atoms with Crippen molar-refractivity contribution in [3.05, 3.63) is 83.4 Å². The molecule has 1 saturated carbocycles. The Morgan fingerprint density at radius 3 is 2.17 bits per heavy atom. The van der Waals surface area contributed by atoms with Crippen molar-refractivity contribution >= 4 is 23.7 Å². The Morgan fingerprint density at radius 2 is 1.60 bits per heavy atom. The molecule has 0 aromatic heterocycles. The van der Waals surface area contributed by atoms with Crippen molar-refractivity contribution in [3.8, 4) is 16.9 Å². The van der Waals surface area contributed by atoms with Gasteiger partial charge in [-0.05, 0) is 53.3 Å². The Balaban J connectivity index is 1.25. The van der Waals surface area contributed by atoms with Crippen molar-refractivity contribution in [1.29, 1.82) is 0 Å². The Bertz CT molecular complexity index is 1290. The van der Waals surface area contributed by atoms with Crippen LogP contribution in [0.1, 0.15) is 40.2 Å². The molecule has 3 aromatic carbocycles. The number of carbonyl (C=O) groups excluding carboxylic acids is 2. The number of carboxylic acid groups (broad SMARTS) is 1. The second-order valence-electron chi connectivity index (χ2n) is 8.71. The van der Waals surface area contributed by atoms with Crippen molar-refractivity contribution in [3.63, 3.8) is 0 Å². The number of amides is 2. The van der Waals surface area contributed by atoms with E-state index in [1.165, 1.54) is 25.3 Å². The van der Waals surface area contributed by atoms with Gasteiger partial charge in [0.2, 0.25) is 5.91 Å². The van der Waals surface area contributed by atoms with Gasteiger partial charge in [-0.15, -0.1) is 0 Å². The van der Waals surface area contributed by atoms with E-state index in [1.54, 1.807) is 0 Å². The predicted octanol–water partition coefficient (Wildman–Crippen LogP) is 4.40. The molecule has 8 nitrogen and oxygen atoms in total. The molecule has 0 unspecified atom stereocenters. The summed E-state index contributed by atoms with van der Waals surface area (Å²) in [5, 5.41) is 14.6. The SMILES string of the molecule is COc1ccc(C(=O)O)cc1NC(=O)C1(NC(=O)OCC2c3ccccc3-c3ccccc32)CC1. The quantitative estimate of drug-likeness (QED) is 0.470. The Hall–Kier alpha value is -4.33. The maximum atomic E-state index is 13.0. The number of rotatable bonds is 7. The van der Waals surface area contributed by atoms with Crippen LogP contribution in [0.4, 0.5) is 10.5 Å². The van der Waals surface area contributed by atoms with Crippen LogP contribution in [-0.4, -0.2) is 42.3 Å². The second-order valence-corrected chi connectivity index (χ2v) is 8.71. The highest BCUT2D eigenvalue weighted by Crippen LogP contribution is 2.44. The number of nitrogens with one attached hydrogen (secondary N) is 2. The number of hydrogen-bond donors (Lipinski definition) is 3. The minimum Gasteiger partial charge on any atom is -0.495 e. The number of ether oxygens (including phenoxy) is 2. The largest absolute Gasteiger partial charge is 0.495 e. The third-order valence-corrected chi connectivity index (χ3v) is 6.56. The van der Waals surface area contributed by atoms with E-state index in [-0.39, 0.29) is 23.8 Å². The minimum absolute atomic E-state index is 0.00967. The van der Waals surface area contributed by atoms with Gasteiger partial charge in [0.25, 0.3) is 0 Å². The number of fused-ring (bicyclic) bond motifs is 3. The van der Waals surface area contributed by atoms with Gasteiger partial charge in [0.15, 0.2) is 0 Å². The number of aromatic carboxylic acids is 1. The van der Waals surface area contributed by atoms with Gasteiger partial charge >= 0.3 is 12.1 Å². The molecule has 0 heterocycles. The molecule has 3 N–H and O–H groups in total. The van der Waals surface area contributed by atoms with E-state index < -0.39 is 23.5 Å². The van der Waals surface area contributed by atoms with Crippen molar-refractivity contribution in [1.82, 2.24) is 5.32 Å². The minimum atomic E-state index is -1.12. The van der Waals surface area contributed by atoms with Gasteiger partial charge in [0, 0.05) is 5.92 Å². The number of alkyl carbamates (subject to hydrolysis) is 1. The van der Waals surface area contributed by atoms with Gasteiger partial charge in [-0.3, -0.25) is 4.79 Å². The summed E-state index contributed by atoms with van der Waals surface area (Å²) in [5.41, 5.74) is 3.60. The Kier molecular flexibility index (Phi) is 5.64. The summed E-state index contributed by atoms with van der Waals surface area (Å²) in [4.78, 5) is 37.0. The molecular weight excluding hydrogens is 448 g/mol. The zero-order chi connectivity index (χ0) is 24.6. The molecule has 0 radical (unpaired) electrons. The summed E-state index contributed by atoms with van der Waals surface area (Å²) < 4.78 is 10.8. The third kappa shape index (κ3) is 4.19. The lowest BCUT2D eigenvalue weighted by Gasteiger charge is -2.20. The highest BCUT2D eigenvalue weighted by molar-refractivity contribution is 6.03. The lowest BCUT2D eigenvalue weighted by atomic mass is 9.98. The molecular formula is C27H24N2O6. The first kappa shape index (κ1) is 22.5. The van der Waals surface area contributed by atoms with Crippen LogP contribution in [-0.2, 0) is 9.53 Å². The molecule has 8 heteroatoms. The van der Waals surface area contributed by atoms with Gasteiger partial charge in [0.05, 0.1) is 18.4 Å². The molecule has 35 heavy (non-hydrogen) atoms. The lowest BCUT2D eigenvalue weighted by molar-refractivity contribution is -0.119. The average Bonchev–Trinajstić information content (AvgIpc) is 3.58. The highest BCUT2D eigenvalue weighted by atomic mass is 16.5. The van der Waals surface area contributed by atoms with E-state index >= 15 is 0 Å². The smallest absolute Gasteiger partial charge is 0.408 e. The van der Waals surface area contributed by atoms with Gasteiger partial charge < -0.3 is 25.2 Å². The fourth-order valence-corrected chi connectivity index (χ4v) is 4.54. The topological polar surface area (TPSA) is 114 Å². The number of carboxylic acids is 1. The molecule has 0 spiro atoms. The number of carbonyl (C=O) groups is 3. The summed E-state index contributed by atoms with van der Waals surface area (Å²) in [6.45, 7) is 0.145. The maximum absolute atomic E-state index is 13.0. The number of hydrogen-bond acceptors (Lipinski definition) is 5. The predicted molar refractivity (Wildman–Crippen MR) is 129 cm³/mol. The molecule has 2 aliphatic carbocycles. The number of anilines is 1. The summed E-state index contributed by atoms with van der Waals surface area (Å²) in [6, 6.07) is 20.3. The fourth-order valence-electron chi connectivity index (χ4n) is 4.54. The molecule has 3 aromatic rings. The van der Waals surface area contributed by atoms with Crippen molar-refractivity contribution in [2.75, 3.05) is 19.0 Å². The molecule has 178 valence electrons. The van der Waals surface area contributed by atoms with E-state index in [9.17, 15) is 19.5 Å². The lowest BCUT2D eigenvalue weighted by Crippen LogP contribution is -2.46. The number of methoxy groups -OCH3 is 1. The molecule has 1 fully saturated rings. The summed E-state index contributed by atoms with van der Waals surface area (Å²) in [6.07, 6.45) is 0.222. The summed E-state index contributed by atoms with van der Waals surface area (Å²) in [7, 11) is 1.42. The van der Waals surface area contributed by atoms with E-state index in [1.807, 2.05) is 36.4 Å². The van der Waals surface area contributed by atoms with E-state index in [0.29, 0.717) is 18.6 Å². The first-order valence-electron chi connectivity index (χ1n) is 11.3. The standard InChI is InChI=1S/C27H24N2O6/c1-34-23-11-10-16(24(30)31)14-22(23)28-25(32)27(12-13-27)29-26(33)35-15-21-19-8-4-2-6-17(19)18-7-3-5-9-20(18)21/h2-11,14,21H,12-13,15H2,1H3,(H,28,32)(H,29,33)(H,30,31). The highest BCUT2D eigenvalue weighted by Gasteiger charge is 2.52. The van der Waals surface area contributed by atoms with Crippen LogP contribution < -0.4 is 15.4 Å². The van der Waals surface area contributed by atoms with Gasteiger partial charge in [-0.2, -0.15) is 0 Å². The molecule has 5 rings (SSSR count). The normalized spacial score (nSPS) is 14.9. The second kappa shape index (κ2) is 8.79. The first-order chi connectivity index (χ1) is 16.9. The van der Waals surface area contributed by atoms with Crippen molar-refractivity contribution in [2.24, 2.45) is 0 Å². The monoisotopic (exact) mass is 472 g/mol. The van der Waals surface area contributed by atoms with Crippen LogP contribution in [0.2, 0.25) is 0 Å². The van der Waals surface area contributed by atoms with E-state index in [4.69, 9.17) is 9.47 Å². The van der Waals surface area contributed by atoms with Crippen LogP contribution in [0.25, 0.3) is 11.1 Å². The summed E-state index contributed by atoms with van der Waals surface area (Å²) in [5.74, 6) is -1.34. The molecule has 0 atom stereocenters. The van der Waals surface area contributed by atoms with Gasteiger partial charge in [0.1, 0.15) is 17.9 Å². The van der Waals surface area contributed by atoms with Crippen LogP contribution >= 0.6 is 0 Å². The van der Waals surface area contributed by atoms with E-state index in [0.717, 1.165) is 22.3 Å². The third-order valence-electron chi connectivity index (χ3n) is 6.56. The van der Waals surface area contributed by atoms with E-state index in [2.05, 4.69) is 22.8 Å². The maximum Gasteiger partial charge on any atom is 0.408 e. The molecule has 2 aliphatic rings. The Morgan fingerprint density at radius 1 is 0.971 bits per heavy atom. The number of benzene rings is 3. The zero-order valence-corrected chi connectivity index (χ0v) is 19.0. The van der Waals surface area contributed by atoms with Crippen LogP contribution in [0.15, 0.2) is 66.7 Å². The van der Waals surface area contributed by atoms with Crippen molar-refractivity contribution < 1.29 is 29.0 Å². The Labute approximate surface area is 201 Å². The van der Waals surface area contributed by atoms with Gasteiger partial charge in [-0.25, -0.2) is 9.59 Å². The van der Waals surface area contributed by atoms with Crippen molar-refractivity contribution in [2.45, 2.75) is 24.3 Å².